The van der Waals surface area contributed by atoms with E-state index >= 15 is 0 Å². The van der Waals surface area contributed by atoms with Gasteiger partial charge >= 0.3 is 5.69 Å². The van der Waals surface area contributed by atoms with Gasteiger partial charge in [-0.15, -0.1) is 0 Å². The summed E-state index contributed by atoms with van der Waals surface area (Å²) in [5.41, 5.74) is 0.116. The zero-order chi connectivity index (χ0) is 10.0. The molecular formula is C9H14N2O2. The number of hydrogen-bond donors (Lipinski definition) is 1. The molecule has 0 aliphatic rings. The van der Waals surface area contributed by atoms with Crippen molar-refractivity contribution >= 4 is 0 Å². The van der Waals surface area contributed by atoms with E-state index in [1.54, 1.807) is 0 Å². The van der Waals surface area contributed by atoms with Crippen LogP contribution in [0.2, 0.25) is 0 Å². The van der Waals surface area contributed by atoms with Crippen molar-refractivity contribution in [2.75, 3.05) is 0 Å². The summed E-state index contributed by atoms with van der Waals surface area (Å²) < 4.78 is 1.06. The molecule has 1 rings (SSSR count). The highest BCUT2D eigenvalue weighted by Crippen LogP contribution is 2.00. The van der Waals surface area contributed by atoms with Gasteiger partial charge in [-0.05, 0) is 12.3 Å². The highest BCUT2D eigenvalue weighted by Gasteiger charge is 2.02. The molecule has 1 heterocycles. The maximum Gasteiger partial charge on any atom is 0.328 e. The van der Waals surface area contributed by atoms with Gasteiger partial charge in [0.05, 0.1) is 0 Å². The van der Waals surface area contributed by atoms with Crippen LogP contribution in [0.25, 0.3) is 0 Å². The van der Waals surface area contributed by atoms with Crippen molar-refractivity contribution < 1.29 is 0 Å². The maximum absolute atomic E-state index is 11.2. The molecule has 0 fully saturated rings. The smallest absolute Gasteiger partial charge is 0.311 e. The van der Waals surface area contributed by atoms with Crippen LogP contribution in [0.3, 0.4) is 0 Å². The Morgan fingerprint density at radius 1 is 1.46 bits per heavy atom. The molecule has 0 aromatic carbocycles. The van der Waals surface area contributed by atoms with Crippen molar-refractivity contribution in [2.24, 2.45) is 13.0 Å². The number of nitrogens with one attached hydrogen (secondary N) is 1. The Balaban J connectivity index is 3.14. The van der Waals surface area contributed by atoms with E-state index in [2.05, 4.69) is 4.98 Å². The third-order valence-electron chi connectivity index (χ3n) is 1.83. The van der Waals surface area contributed by atoms with Crippen LogP contribution < -0.4 is 11.2 Å². The minimum Gasteiger partial charge on any atom is -0.311 e. The zero-order valence-electron chi connectivity index (χ0n) is 8.13. The molecule has 0 aliphatic carbocycles. The van der Waals surface area contributed by atoms with Crippen LogP contribution in [0.1, 0.15) is 19.5 Å². The van der Waals surface area contributed by atoms with Crippen LogP contribution in [-0.4, -0.2) is 9.55 Å². The lowest BCUT2D eigenvalue weighted by Crippen LogP contribution is -2.33. The largest absolute Gasteiger partial charge is 0.328 e. The lowest BCUT2D eigenvalue weighted by atomic mass is 10.1. The fraction of sp³-hybridized carbons (Fsp3) is 0.556. The lowest BCUT2D eigenvalue weighted by molar-refractivity contribution is 0.622. The fourth-order valence-corrected chi connectivity index (χ4v) is 1.15. The van der Waals surface area contributed by atoms with Gasteiger partial charge in [-0.3, -0.25) is 9.36 Å². The van der Waals surface area contributed by atoms with Crippen molar-refractivity contribution in [3.63, 3.8) is 0 Å². The van der Waals surface area contributed by atoms with Gasteiger partial charge in [-0.2, -0.15) is 0 Å². The summed E-state index contributed by atoms with van der Waals surface area (Å²) >= 11 is 0. The SMILES string of the molecule is CC(C)Cc1cc(=O)n(C)c(=O)[nH]1. The predicted molar refractivity (Wildman–Crippen MR) is 50.8 cm³/mol. The first-order valence-corrected chi connectivity index (χ1v) is 4.30. The van der Waals surface area contributed by atoms with Gasteiger partial charge in [0.15, 0.2) is 0 Å². The molecule has 0 saturated heterocycles. The molecular weight excluding hydrogens is 168 g/mol. The number of aromatic nitrogens is 2. The van der Waals surface area contributed by atoms with Gasteiger partial charge in [-0.25, -0.2) is 4.79 Å². The topological polar surface area (TPSA) is 54.9 Å². The third-order valence-corrected chi connectivity index (χ3v) is 1.83. The molecule has 72 valence electrons. The van der Waals surface area contributed by atoms with Crippen molar-refractivity contribution in [1.29, 1.82) is 0 Å². The van der Waals surface area contributed by atoms with E-state index in [4.69, 9.17) is 0 Å². The minimum atomic E-state index is -0.344. The second kappa shape index (κ2) is 3.60. The zero-order valence-corrected chi connectivity index (χ0v) is 8.13. The van der Waals surface area contributed by atoms with Gasteiger partial charge in [0.2, 0.25) is 0 Å². The molecule has 0 amide bonds. The molecule has 1 aromatic heterocycles. The van der Waals surface area contributed by atoms with Crippen molar-refractivity contribution in [3.8, 4) is 0 Å². The first kappa shape index (κ1) is 9.77. The number of hydrogen-bond acceptors (Lipinski definition) is 2. The van der Waals surface area contributed by atoms with Crippen LogP contribution >= 0.6 is 0 Å². The van der Waals surface area contributed by atoms with E-state index < -0.39 is 0 Å². The molecule has 4 nitrogen and oxygen atoms in total. The van der Waals surface area contributed by atoms with Crippen LogP contribution in [-0.2, 0) is 13.5 Å². The van der Waals surface area contributed by atoms with Crippen molar-refractivity contribution in [3.05, 3.63) is 32.6 Å². The van der Waals surface area contributed by atoms with Gasteiger partial charge in [0, 0.05) is 18.8 Å². The van der Waals surface area contributed by atoms with Crippen LogP contribution in [0.4, 0.5) is 0 Å². The molecule has 0 aliphatic heterocycles. The Labute approximate surface area is 76.2 Å². The van der Waals surface area contributed by atoms with Crippen LogP contribution in [0.5, 0.6) is 0 Å². The molecule has 0 radical (unpaired) electrons. The predicted octanol–water partition coefficient (Wildman–Crippen LogP) is 0.272. The number of nitrogens with zero attached hydrogens (tertiary/aromatic N) is 1. The fourth-order valence-electron chi connectivity index (χ4n) is 1.15. The Kier molecular flexibility index (Phi) is 2.70. The molecule has 0 unspecified atom stereocenters. The Morgan fingerprint density at radius 2 is 2.08 bits per heavy atom. The first-order chi connectivity index (χ1) is 6.00. The van der Waals surface area contributed by atoms with Gasteiger partial charge in [-0.1, -0.05) is 13.8 Å². The number of aromatic amines is 1. The molecule has 1 N–H and O–H groups in total. The average Bonchev–Trinajstić information content (AvgIpc) is 1.98. The average molecular weight is 182 g/mol. The molecule has 4 heteroatoms. The summed E-state index contributed by atoms with van der Waals surface area (Å²) in [5, 5.41) is 0. The van der Waals surface area contributed by atoms with Crippen molar-refractivity contribution in [2.45, 2.75) is 20.3 Å². The second-order valence-electron chi connectivity index (χ2n) is 3.59. The summed E-state index contributed by atoms with van der Waals surface area (Å²) in [7, 11) is 1.46. The van der Waals surface area contributed by atoms with E-state index in [-0.39, 0.29) is 11.2 Å². The highest BCUT2D eigenvalue weighted by molar-refractivity contribution is 5.00. The van der Waals surface area contributed by atoms with Gasteiger partial charge in [0.1, 0.15) is 0 Å². The Morgan fingerprint density at radius 3 is 2.54 bits per heavy atom. The molecule has 1 aromatic rings. The summed E-state index contributed by atoms with van der Waals surface area (Å²) in [6, 6.07) is 1.47. The Hall–Kier alpha value is -1.32. The monoisotopic (exact) mass is 182 g/mol. The molecule has 0 atom stereocenters. The molecule has 13 heavy (non-hydrogen) atoms. The quantitative estimate of drug-likeness (QED) is 0.713. The summed E-state index contributed by atoms with van der Waals surface area (Å²) in [5.74, 6) is 0.433. The first-order valence-electron chi connectivity index (χ1n) is 4.30. The summed E-state index contributed by atoms with van der Waals surface area (Å²) in [4.78, 5) is 25.0. The molecule has 0 spiro atoms. The highest BCUT2D eigenvalue weighted by atomic mass is 16.2. The van der Waals surface area contributed by atoms with Gasteiger partial charge < -0.3 is 4.98 Å². The molecule has 0 saturated carbocycles. The summed E-state index contributed by atoms with van der Waals surface area (Å²) in [6.45, 7) is 4.07. The van der Waals surface area contributed by atoms with Gasteiger partial charge in [0.25, 0.3) is 5.56 Å². The number of rotatable bonds is 2. The van der Waals surface area contributed by atoms with Crippen LogP contribution in [0, 0.1) is 5.92 Å². The van der Waals surface area contributed by atoms with Crippen molar-refractivity contribution in [1.82, 2.24) is 9.55 Å². The number of H-pyrrole nitrogens is 1. The van der Waals surface area contributed by atoms with E-state index in [1.165, 1.54) is 13.1 Å². The second-order valence-corrected chi connectivity index (χ2v) is 3.59. The van der Waals surface area contributed by atoms with E-state index in [0.29, 0.717) is 11.6 Å². The lowest BCUT2D eigenvalue weighted by Gasteiger charge is -2.04. The van der Waals surface area contributed by atoms with Crippen LogP contribution in [0.15, 0.2) is 15.7 Å². The van der Waals surface area contributed by atoms with E-state index in [0.717, 1.165) is 11.0 Å². The minimum absolute atomic E-state index is 0.251. The summed E-state index contributed by atoms with van der Waals surface area (Å²) in [6.07, 6.45) is 0.728. The molecule has 0 bridgehead atoms. The third kappa shape index (κ3) is 2.31. The normalized spacial score (nSPS) is 10.8. The van der Waals surface area contributed by atoms with E-state index in [1.807, 2.05) is 13.8 Å². The van der Waals surface area contributed by atoms with E-state index in [9.17, 15) is 9.59 Å². The maximum atomic E-state index is 11.2. The Bertz CT molecular complexity index is 370. The standard InChI is InChI=1S/C9H14N2O2/c1-6(2)4-7-5-8(12)11(3)9(13)10-7/h5-6H,4H2,1-3H3,(H,10,13).